The van der Waals surface area contributed by atoms with E-state index in [-0.39, 0.29) is 29.4 Å². The van der Waals surface area contributed by atoms with Gasteiger partial charge in [-0.2, -0.15) is 0 Å². The quantitative estimate of drug-likeness (QED) is 0.621. The van der Waals surface area contributed by atoms with Gasteiger partial charge in [0.05, 0.1) is 11.4 Å². The fourth-order valence-corrected chi connectivity index (χ4v) is 4.32. The van der Waals surface area contributed by atoms with Gasteiger partial charge in [0.1, 0.15) is 0 Å². The summed E-state index contributed by atoms with van der Waals surface area (Å²) < 4.78 is 27.8. The Kier molecular flexibility index (Phi) is 6.38. The van der Waals surface area contributed by atoms with E-state index in [1.807, 2.05) is 11.8 Å². The minimum absolute atomic E-state index is 0.0430. The van der Waals surface area contributed by atoms with E-state index in [0.717, 1.165) is 5.56 Å². The van der Waals surface area contributed by atoms with E-state index in [1.54, 1.807) is 13.0 Å². The van der Waals surface area contributed by atoms with Gasteiger partial charge in [0.25, 0.3) is 0 Å². The van der Waals surface area contributed by atoms with Crippen LogP contribution >= 0.6 is 0 Å². The van der Waals surface area contributed by atoms with E-state index >= 15 is 0 Å². The summed E-state index contributed by atoms with van der Waals surface area (Å²) in [5, 5.41) is 11.5. The van der Waals surface area contributed by atoms with Crippen LogP contribution in [0.25, 0.3) is 0 Å². The molecule has 0 saturated heterocycles. The topological polar surface area (TPSA) is 116 Å². The van der Waals surface area contributed by atoms with Crippen LogP contribution in [-0.2, 0) is 19.6 Å². The Labute approximate surface area is 153 Å². The first-order valence-corrected chi connectivity index (χ1v) is 9.97. The summed E-state index contributed by atoms with van der Waals surface area (Å²) in [5.41, 5.74) is 1.24. The molecule has 2 rings (SSSR count). The first-order chi connectivity index (χ1) is 12.1. The Morgan fingerprint density at radius 3 is 2.50 bits per heavy atom. The molecule has 144 valence electrons. The zero-order valence-corrected chi connectivity index (χ0v) is 16.0. The predicted molar refractivity (Wildman–Crippen MR) is 97.5 cm³/mol. The van der Waals surface area contributed by atoms with Crippen molar-refractivity contribution in [1.82, 2.24) is 9.62 Å². The molecule has 0 unspecified atom stereocenters. The fraction of sp³-hybridized carbons (Fsp3) is 0.529. The highest BCUT2D eigenvalue weighted by Gasteiger charge is 2.36. The second-order valence-electron chi connectivity index (χ2n) is 6.56. The molecule has 0 radical (unpaired) electrons. The molecule has 0 aliphatic heterocycles. The first-order valence-electron chi connectivity index (χ1n) is 8.48. The molecular formula is C17H25N3O5S. The highest BCUT2D eigenvalue weighted by atomic mass is 32.2. The number of carboxylic acids is 1. The Balaban J connectivity index is 2.02. The van der Waals surface area contributed by atoms with Gasteiger partial charge in [-0.1, -0.05) is 13.0 Å². The van der Waals surface area contributed by atoms with E-state index in [4.69, 9.17) is 5.11 Å². The van der Waals surface area contributed by atoms with Crippen molar-refractivity contribution in [3.8, 4) is 0 Å². The van der Waals surface area contributed by atoms with Gasteiger partial charge >= 0.3 is 5.97 Å². The van der Waals surface area contributed by atoms with Gasteiger partial charge in [-0.15, -0.1) is 0 Å². The summed E-state index contributed by atoms with van der Waals surface area (Å²) in [6, 6.07) is 4.43. The number of hydrogen-bond donors (Lipinski definition) is 3. The number of hydrogen-bond acceptors (Lipinski definition) is 5. The van der Waals surface area contributed by atoms with Crippen LogP contribution in [0, 0.1) is 6.92 Å². The van der Waals surface area contributed by atoms with Crippen LogP contribution in [0.3, 0.4) is 0 Å². The zero-order chi connectivity index (χ0) is 19.5. The summed E-state index contributed by atoms with van der Waals surface area (Å²) in [6.45, 7) is 5.60. The van der Waals surface area contributed by atoms with Gasteiger partial charge in [0.15, 0.2) is 0 Å². The Morgan fingerprint density at radius 2 is 1.96 bits per heavy atom. The minimum Gasteiger partial charge on any atom is -0.480 e. The molecule has 0 aromatic heterocycles. The number of amides is 1. The lowest BCUT2D eigenvalue weighted by molar-refractivity contribution is -0.139. The lowest BCUT2D eigenvalue weighted by Gasteiger charge is -2.42. The number of aliphatic carboxylic acids is 1. The van der Waals surface area contributed by atoms with Gasteiger partial charge < -0.3 is 10.4 Å². The van der Waals surface area contributed by atoms with Crippen molar-refractivity contribution >= 4 is 27.6 Å². The molecule has 0 atom stereocenters. The number of likely N-dealkylation sites (N-methyl/N-ethyl adjacent to an activating group) is 1. The number of nitrogens with zero attached hydrogens (tertiary/aromatic N) is 1. The number of carboxylic acid groups (broad SMARTS) is 1. The van der Waals surface area contributed by atoms with Crippen LogP contribution < -0.4 is 10.0 Å². The van der Waals surface area contributed by atoms with Crippen LogP contribution in [0.4, 0.5) is 5.69 Å². The second-order valence-corrected chi connectivity index (χ2v) is 8.27. The van der Waals surface area contributed by atoms with Crippen LogP contribution in [0.5, 0.6) is 0 Å². The van der Waals surface area contributed by atoms with Crippen LogP contribution in [0.2, 0.25) is 0 Å². The van der Waals surface area contributed by atoms with Crippen molar-refractivity contribution in [2.45, 2.75) is 50.6 Å². The van der Waals surface area contributed by atoms with Crippen LogP contribution in [0.15, 0.2) is 23.1 Å². The number of rotatable bonds is 8. The highest BCUT2D eigenvalue weighted by Crippen LogP contribution is 2.28. The molecule has 1 fully saturated rings. The first kappa shape index (κ1) is 20.3. The molecular weight excluding hydrogens is 358 g/mol. The van der Waals surface area contributed by atoms with Crippen molar-refractivity contribution in [2.75, 3.05) is 18.4 Å². The number of aryl methyl sites for hydroxylation is 1. The average molecular weight is 383 g/mol. The highest BCUT2D eigenvalue weighted by molar-refractivity contribution is 7.89. The van der Waals surface area contributed by atoms with Crippen molar-refractivity contribution in [1.29, 1.82) is 0 Å². The largest absolute Gasteiger partial charge is 0.480 e. The average Bonchev–Trinajstić information content (AvgIpc) is 2.50. The molecule has 1 aliphatic carbocycles. The van der Waals surface area contributed by atoms with Gasteiger partial charge in [0, 0.05) is 24.7 Å². The van der Waals surface area contributed by atoms with Gasteiger partial charge in [-0.3, -0.25) is 14.5 Å². The molecule has 0 heterocycles. The van der Waals surface area contributed by atoms with Crippen molar-refractivity contribution in [2.24, 2.45) is 0 Å². The monoisotopic (exact) mass is 383 g/mol. The van der Waals surface area contributed by atoms with Gasteiger partial charge in [0.2, 0.25) is 15.9 Å². The molecule has 1 amide bonds. The van der Waals surface area contributed by atoms with Crippen molar-refractivity contribution < 1.29 is 23.1 Å². The summed E-state index contributed by atoms with van der Waals surface area (Å²) in [5.74, 6) is -1.16. The smallest absolute Gasteiger partial charge is 0.317 e. The minimum atomic E-state index is -3.71. The molecule has 0 bridgehead atoms. The molecule has 1 saturated carbocycles. The Bertz CT molecular complexity index is 788. The Morgan fingerprint density at radius 1 is 1.31 bits per heavy atom. The molecule has 8 nitrogen and oxygen atoms in total. The molecule has 0 spiro atoms. The maximum atomic E-state index is 12.6. The molecule has 1 aliphatic rings. The number of nitrogens with one attached hydrogen (secondary N) is 2. The molecule has 1 aromatic rings. The third kappa shape index (κ3) is 5.03. The number of benzene rings is 1. The van der Waals surface area contributed by atoms with E-state index in [0.29, 0.717) is 25.1 Å². The molecule has 26 heavy (non-hydrogen) atoms. The van der Waals surface area contributed by atoms with Gasteiger partial charge in [-0.05, 0) is 44.0 Å². The van der Waals surface area contributed by atoms with Crippen LogP contribution in [-0.4, -0.2) is 55.5 Å². The maximum absolute atomic E-state index is 12.6. The summed E-state index contributed by atoms with van der Waals surface area (Å²) in [6.07, 6.45) is 1.15. The third-order valence-electron chi connectivity index (χ3n) is 4.53. The summed E-state index contributed by atoms with van der Waals surface area (Å²) in [7, 11) is -3.71. The lowest BCUT2D eigenvalue weighted by atomic mass is 9.86. The molecule has 9 heteroatoms. The van der Waals surface area contributed by atoms with E-state index in [2.05, 4.69) is 10.0 Å². The lowest BCUT2D eigenvalue weighted by Crippen LogP contribution is -2.54. The van der Waals surface area contributed by atoms with E-state index in [9.17, 15) is 18.0 Å². The standard InChI is InChI=1S/C17H25N3O5S/c1-4-20(10-17(22)23)14-7-13(8-14)19-26(24,25)15-6-5-11(2)16(9-15)18-12(3)21/h5-6,9,13-14,19H,4,7-8,10H2,1-3H3,(H,18,21)(H,22,23). The maximum Gasteiger partial charge on any atom is 0.317 e. The predicted octanol–water partition coefficient (Wildman–Crippen LogP) is 1.17. The number of anilines is 1. The molecule has 3 N–H and O–H groups in total. The number of carbonyl (C=O) groups excluding carboxylic acids is 1. The number of sulfonamides is 1. The molecule has 1 aromatic carbocycles. The Hall–Kier alpha value is -1.97. The summed E-state index contributed by atoms with van der Waals surface area (Å²) in [4.78, 5) is 24.0. The second kappa shape index (κ2) is 8.15. The summed E-state index contributed by atoms with van der Waals surface area (Å²) >= 11 is 0. The third-order valence-corrected chi connectivity index (χ3v) is 6.04. The van der Waals surface area contributed by atoms with E-state index in [1.165, 1.54) is 19.1 Å². The van der Waals surface area contributed by atoms with Crippen molar-refractivity contribution in [3.05, 3.63) is 23.8 Å². The zero-order valence-electron chi connectivity index (χ0n) is 15.2. The van der Waals surface area contributed by atoms with Crippen LogP contribution in [0.1, 0.15) is 32.3 Å². The number of carbonyl (C=O) groups is 2. The van der Waals surface area contributed by atoms with Gasteiger partial charge in [-0.25, -0.2) is 13.1 Å². The fourth-order valence-electron chi connectivity index (χ4n) is 3.04. The normalized spacial score (nSPS) is 19.8. The van der Waals surface area contributed by atoms with E-state index < -0.39 is 16.0 Å². The SMILES string of the molecule is CCN(CC(=O)O)C1CC(NS(=O)(=O)c2ccc(C)c(NC(C)=O)c2)C1. The van der Waals surface area contributed by atoms with Crippen molar-refractivity contribution in [3.63, 3.8) is 0 Å².